The molecule has 184 valence electrons. The molecule has 2 fully saturated rings. The maximum absolute atomic E-state index is 13.4. The lowest BCUT2D eigenvalue weighted by Crippen LogP contribution is -2.44. The summed E-state index contributed by atoms with van der Waals surface area (Å²) < 4.78 is 72.4. The molecule has 0 N–H and O–H groups in total. The van der Waals surface area contributed by atoms with Gasteiger partial charge in [0.15, 0.2) is 0 Å². The number of piperidine rings is 1. The van der Waals surface area contributed by atoms with Crippen molar-refractivity contribution < 1.29 is 31.1 Å². The van der Waals surface area contributed by atoms with E-state index in [1.165, 1.54) is 12.1 Å². The van der Waals surface area contributed by atoms with Crippen molar-refractivity contribution in [2.75, 3.05) is 26.7 Å². The van der Waals surface area contributed by atoms with Gasteiger partial charge >= 0.3 is 6.18 Å². The van der Waals surface area contributed by atoms with Crippen LogP contribution in [0.2, 0.25) is 0 Å². The predicted octanol–water partition coefficient (Wildman–Crippen LogP) is 4.48. The first-order chi connectivity index (χ1) is 16.1. The molecule has 2 aliphatic rings. The summed E-state index contributed by atoms with van der Waals surface area (Å²) in [7, 11) is -2.74. The van der Waals surface area contributed by atoms with Crippen LogP contribution >= 0.6 is 0 Å². The highest BCUT2D eigenvalue weighted by atomic mass is 32.2. The Morgan fingerprint density at radius 3 is 2.24 bits per heavy atom. The lowest BCUT2D eigenvalue weighted by atomic mass is 9.95. The van der Waals surface area contributed by atoms with Crippen molar-refractivity contribution in [2.24, 2.45) is 5.92 Å². The first kappa shape index (κ1) is 24.5. The molecule has 2 aliphatic heterocycles. The Balaban J connectivity index is 1.45. The Hall–Kier alpha value is -2.59. The van der Waals surface area contributed by atoms with Gasteiger partial charge in [0.25, 0.3) is 0 Å². The van der Waals surface area contributed by atoms with Crippen LogP contribution in [0, 0.1) is 5.92 Å². The van der Waals surface area contributed by atoms with Gasteiger partial charge < -0.3 is 9.64 Å². The third kappa shape index (κ3) is 4.79. The Morgan fingerprint density at radius 2 is 1.62 bits per heavy atom. The van der Waals surface area contributed by atoms with Crippen molar-refractivity contribution in [3.05, 3.63) is 59.7 Å². The van der Waals surface area contributed by atoms with Crippen molar-refractivity contribution in [3.63, 3.8) is 0 Å². The van der Waals surface area contributed by atoms with Crippen LogP contribution in [-0.2, 0) is 21.0 Å². The van der Waals surface area contributed by atoms with Crippen molar-refractivity contribution in [1.82, 2.24) is 9.21 Å². The predicted molar refractivity (Wildman–Crippen MR) is 120 cm³/mol. The molecule has 2 saturated heterocycles. The van der Waals surface area contributed by atoms with Gasteiger partial charge in [0.05, 0.1) is 23.6 Å². The number of ether oxygens (including phenoxy) is 1. The number of methoxy groups -OCH3 is 1. The zero-order chi connectivity index (χ0) is 24.5. The minimum atomic E-state index is -4.77. The molecular weight excluding hydrogens is 469 g/mol. The van der Waals surface area contributed by atoms with Gasteiger partial charge in [0, 0.05) is 25.6 Å². The molecule has 0 bridgehead atoms. The second-order valence-corrected chi connectivity index (χ2v) is 10.5. The highest BCUT2D eigenvalue weighted by Gasteiger charge is 2.41. The van der Waals surface area contributed by atoms with Gasteiger partial charge in [-0.2, -0.15) is 17.5 Å². The van der Waals surface area contributed by atoms with Crippen LogP contribution < -0.4 is 4.74 Å². The third-order valence-electron chi connectivity index (χ3n) is 6.65. The molecule has 0 saturated carbocycles. The lowest BCUT2D eigenvalue weighted by Gasteiger charge is -2.34. The van der Waals surface area contributed by atoms with E-state index in [1.807, 2.05) is 29.2 Å². The second kappa shape index (κ2) is 9.58. The monoisotopic (exact) mass is 496 g/mol. The van der Waals surface area contributed by atoms with Gasteiger partial charge in [-0.1, -0.05) is 24.3 Å². The summed E-state index contributed by atoms with van der Waals surface area (Å²) in [6, 6.07) is 11.8. The zero-order valence-corrected chi connectivity index (χ0v) is 19.6. The first-order valence-electron chi connectivity index (χ1n) is 11.2. The summed E-state index contributed by atoms with van der Waals surface area (Å²) in [5, 5.41) is 0. The van der Waals surface area contributed by atoms with Gasteiger partial charge in [-0.3, -0.25) is 4.79 Å². The number of likely N-dealkylation sites (tertiary alicyclic amines) is 1. The molecule has 10 heteroatoms. The van der Waals surface area contributed by atoms with E-state index in [4.69, 9.17) is 4.74 Å². The SMILES string of the molecule is COc1ccc([C@H]2CCCN2C(=O)C2CCN(S(=O)(=O)c3ccccc3C(F)(F)F)CC2)cc1. The average Bonchev–Trinajstić information content (AvgIpc) is 3.33. The van der Waals surface area contributed by atoms with Crippen molar-refractivity contribution in [3.8, 4) is 5.75 Å². The van der Waals surface area contributed by atoms with Gasteiger partial charge in [-0.25, -0.2) is 8.42 Å². The van der Waals surface area contributed by atoms with Crippen LogP contribution in [0.15, 0.2) is 53.4 Å². The summed E-state index contributed by atoms with van der Waals surface area (Å²) in [5.74, 6) is 0.356. The number of amides is 1. The number of halogens is 3. The zero-order valence-electron chi connectivity index (χ0n) is 18.8. The number of carbonyl (C=O) groups excluding carboxylic acids is 1. The van der Waals surface area contributed by atoms with Crippen LogP contribution in [0.3, 0.4) is 0 Å². The first-order valence-corrected chi connectivity index (χ1v) is 12.7. The number of carbonyl (C=O) groups is 1. The summed E-state index contributed by atoms with van der Waals surface area (Å²) in [5.41, 5.74) is -0.150. The largest absolute Gasteiger partial charge is 0.497 e. The molecule has 1 atom stereocenters. The fourth-order valence-corrected chi connectivity index (χ4v) is 6.53. The Kier molecular flexibility index (Phi) is 6.91. The standard InChI is InChI=1S/C24H27F3N2O4S/c1-33-19-10-8-17(9-11-19)21-6-4-14-29(21)23(30)18-12-15-28(16-13-18)34(31,32)22-7-3-2-5-20(22)24(25,26)27/h2-3,5,7-11,18,21H,4,6,12-16H2,1H3/t21-/m1/s1. The van der Waals surface area contributed by atoms with E-state index in [9.17, 15) is 26.4 Å². The highest BCUT2D eigenvalue weighted by molar-refractivity contribution is 7.89. The normalized spacial score (nSPS) is 20.5. The fraction of sp³-hybridized carbons (Fsp3) is 0.458. The number of rotatable bonds is 5. The number of sulfonamides is 1. The molecular formula is C24H27F3N2O4S. The number of alkyl halides is 3. The molecule has 0 radical (unpaired) electrons. The fourth-order valence-electron chi connectivity index (χ4n) is 4.85. The molecule has 2 aromatic carbocycles. The molecule has 4 rings (SSSR count). The van der Waals surface area contributed by atoms with Crippen LogP contribution in [0.1, 0.15) is 42.9 Å². The van der Waals surface area contributed by atoms with E-state index in [0.29, 0.717) is 6.54 Å². The quantitative estimate of drug-likeness (QED) is 0.612. The summed E-state index contributed by atoms with van der Waals surface area (Å²) in [4.78, 5) is 14.4. The van der Waals surface area contributed by atoms with Crippen LogP contribution in [0.25, 0.3) is 0 Å². The topological polar surface area (TPSA) is 66.9 Å². The van der Waals surface area contributed by atoms with E-state index >= 15 is 0 Å². The maximum atomic E-state index is 13.4. The molecule has 0 spiro atoms. The van der Waals surface area contributed by atoms with E-state index < -0.39 is 26.7 Å². The number of benzene rings is 2. The van der Waals surface area contributed by atoms with E-state index in [1.54, 1.807) is 7.11 Å². The summed E-state index contributed by atoms with van der Waals surface area (Å²) >= 11 is 0. The molecule has 34 heavy (non-hydrogen) atoms. The molecule has 6 nitrogen and oxygen atoms in total. The minimum Gasteiger partial charge on any atom is -0.497 e. The molecule has 0 aromatic heterocycles. The molecule has 2 aromatic rings. The second-order valence-electron chi connectivity index (χ2n) is 8.64. The molecule has 2 heterocycles. The van der Waals surface area contributed by atoms with E-state index in [-0.39, 0.29) is 43.8 Å². The van der Waals surface area contributed by atoms with Gasteiger partial charge in [-0.15, -0.1) is 0 Å². The average molecular weight is 497 g/mol. The highest BCUT2D eigenvalue weighted by Crippen LogP contribution is 2.38. The number of hydrogen-bond acceptors (Lipinski definition) is 4. The maximum Gasteiger partial charge on any atom is 0.417 e. The van der Waals surface area contributed by atoms with Gasteiger partial charge in [0.2, 0.25) is 15.9 Å². The number of hydrogen-bond donors (Lipinski definition) is 0. The number of nitrogens with zero attached hydrogens (tertiary/aromatic N) is 2. The van der Waals surface area contributed by atoms with E-state index in [0.717, 1.165) is 40.6 Å². The van der Waals surface area contributed by atoms with Crippen molar-refractivity contribution in [2.45, 2.75) is 42.8 Å². The molecule has 1 amide bonds. The van der Waals surface area contributed by atoms with Crippen LogP contribution in [0.5, 0.6) is 5.75 Å². The third-order valence-corrected chi connectivity index (χ3v) is 8.61. The summed E-state index contributed by atoms with van der Waals surface area (Å²) in [6.07, 6.45) is -2.50. The van der Waals surface area contributed by atoms with Crippen LogP contribution in [0.4, 0.5) is 13.2 Å². The van der Waals surface area contributed by atoms with Crippen LogP contribution in [-0.4, -0.2) is 50.3 Å². The Labute approximate surface area is 197 Å². The lowest BCUT2D eigenvalue weighted by molar-refractivity contribution is -0.140. The molecule has 0 unspecified atom stereocenters. The summed E-state index contributed by atoms with van der Waals surface area (Å²) in [6.45, 7) is 0.644. The van der Waals surface area contributed by atoms with Crippen molar-refractivity contribution >= 4 is 15.9 Å². The Morgan fingerprint density at radius 1 is 0.971 bits per heavy atom. The Bertz CT molecular complexity index is 1130. The smallest absolute Gasteiger partial charge is 0.417 e. The minimum absolute atomic E-state index is 0.00593. The van der Waals surface area contributed by atoms with Crippen molar-refractivity contribution in [1.29, 1.82) is 0 Å². The van der Waals surface area contributed by atoms with Gasteiger partial charge in [0.1, 0.15) is 5.75 Å². The van der Waals surface area contributed by atoms with E-state index in [2.05, 4.69) is 0 Å². The molecule has 0 aliphatic carbocycles. The van der Waals surface area contributed by atoms with Gasteiger partial charge in [-0.05, 0) is 55.5 Å².